The average molecular weight is 314 g/mol. The minimum absolute atomic E-state index is 0.0108. The molecule has 0 aromatic heterocycles. The van der Waals surface area contributed by atoms with Crippen molar-refractivity contribution in [1.29, 1.82) is 0 Å². The third-order valence-electron chi connectivity index (χ3n) is 2.92. The number of hydrogen-bond donors (Lipinski definition) is 0. The van der Waals surface area contributed by atoms with E-state index in [1.54, 1.807) is 24.1 Å². The van der Waals surface area contributed by atoms with Crippen LogP contribution in [0.4, 0.5) is 0 Å². The summed E-state index contributed by atoms with van der Waals surface area (Å²) in [5.74, 6) is 0.589. The van der Waals surface area contributed by atoms with E-state index < -0.39 is 0 Å². The molecule has 4 nitrogen and oxygen atoms in total. The number of carbonyl (C=O) groups is 1. The van der Waals surface area contributed by atoms with Crippen LogP contribution in [0.1, 0.15) is 17.3 Å². The van der Waals surface area contributed by atoms with E-state index in [2.05, 4.69) is 15.9 Å². The van der Waals surface area contributed by atoms with Crippen molar-refractivity contribution >= 4 is 21.8 Å². The Kier molecular flexibility index (Phi) is 4.24. The van der Waals surface area contributed by atoms with Gasteiger partial charge in [0.1, 0.15) is 5.75 Å². The molecule has 0 spiro atoms. The Morgan fingerprint density at radius 2 is 2.33 bits per heavy atom. The quantitative estimate of drug-likeness (QED) is 0.841. The highest BCUT2D eigenvalue weighted by atomic mass is 79.9. The van der Waals surface area contributed by atoms with Gasteiger partial charge >= 0.3 is 0 Å². The SMILES string of the molecule is COc1ccc(Br)cc1C(=O)N1CCO[C@@H](C)C1. The molecule has 98 valence electrons. The third kappa shape index (κ3) is 2.84. The van der Waals surface area contributed by atoms with Gasteiger partial charge < -0.3 is 14.4 Å². The summed E-state index contributed by atoms with van der Waals surface area (Å²) in [4.78, 5) is 14.3. The number of halogens is 1. The highest BCUT2D eigenvalue weighted by Crippen LogP contribution is 2.25. The Morgan fingerprint density at radius 1 is 1.56 bits per heavy atom. The molecule has 1 saturated heterocycles. The van der Waals surface area contributed by atoms with Crippen LogP contribution in [-0.2, 0) is 4.74 Å². The van der Waals surface area contributed by atoms with Gasteiger partial charge in [0.25, 0.3) is 5.91 Å². The first-order chi connectivity index (χ1) is 8.61. The Bertz CT molecular complexity index is 450. The maximum Gasteiger partial charge on any atom is 0.257 e. The Morgan fingerprint density at radius 3 is 3.00 bits per heavy atom. The smallest absolute Gasteiger partial charge is 0.257 e. The van der Waals surface area contributed by atoms with Crippen molar-refractivity contribution in [2.24, 2.45) is 0 Å². The Hall–Kier alpha value is -1.07. The summed E-state index contributed by atoms with van der Waals surface area (Å²) in [5, 5.41) is 0. The fourth-order valence-electron chi connectivity index (χ4n) is 2.02. The lowest BCUT2D eigenvalue weighted by molar-refractivity contribution is -0.0125. The minimum Gasteiger partial charge on any atom is -0.496 e. The number of rotatable bonds is 2. The summed E-state index contributed by atoms with van der Waals surface area (Å²) in [6, 6.07) is 5.44. The van der Waals surface area contributed by atoms with Gasteiger partial charge in [-0.05, 0) is 25.1 Å². The molecule has 18 heavy (non-hydrogen) atoms. The molecule has 1 heterocycles. The van der Waals surface area contributed by atoms with Crippen LogP contribution in [0.3, 0.4) is 0 Å². The molecule has 0 N–H and O–H groups in total. The van der Waals surface area contributed by atoms with E-state index in [9.17, 15) is 4.79 Å². The first-order valence-electron chi connectivity index (χ1n) is 5.86. The third-order valence-corrected chi connectivity index (χ3v) is 3.41. The molecule has 1 amide bonds. The van der Waals surface area contributed by atoms with Gasteiger partial charge in [-0.15, -0.1) is 0 Å². The highest BCUT2D eigenvalue weighted by Gasteiger charge is 2.24. The molecule has 1 aliphatic rings. The monoisotopic (exact) mass is 313 g/mol. The van der Waals surface area contributed by atoms with Gasteiger partial charge in [0, 0.05) is 17.6 Å². The van der Waals surface area contributed by atoms with E-state index in [1.807, 2.05) is 13.0 Å². The predicted octanol–water partition coefficient (Wildman–Crippen LogP) is 2.32. The van der Waals surface area contributed by atoms with Gasteiger partial charge in [-0.2, -0.15) is 0 Å². The van der Waals surface area contributed by atoms with Crippen molar-refractivity contribution < 1.29 is 14.3 Å². The van der Waals surface area contributed by atoms with Gasteiger partial charge in [0.05, 0.1) is 25.4 Å². The number of nitrogens with zero attached hydrogens (tertiary/aromatic N) is 1. The average Bonchev–Trinajstić information content (AvgIpc) is 2.38. The second-order valence-electron chi connectivity index (χ2n) is 4.28. The van der Waals surface area contributed by atoms with Crippen molar-refractivity contribution in [3.63, 3.8) is 0 Å². The standard InChI is InChI=1S/C13H16BrNO3/c1-9-8-15(5-6-18-9)13(16)11-7-10(14)3-4-12(11)17-2/h3-4,7,9H,5-6,8H2,1-2H3/t9-/m0/s1. The van der Waals surface area contributed by atoms with Crippen LogP contribution in [-0.4, -0.2) is 43.7 Å². The number of ether oxygens (including phenoxy) is 2. The fraction of sp³-hybridized carbons (Fsp3) is 0.462. The molecule has 0 aliphatic carbocycles. The molecular formula is C13H16BrNO3. The van der Waals surface area contributed by atoms with Crippen LogP contribution < -0.4 is 4.74 Å². The lowest BCUT2D eigenvalue weighted by Crippen LogP contribution is -2.44. The second kappa shape index (κ2) is 5.71. The minimum atomic E-state index is -0.0108. The predicted molar refractivity (Wildman–Crippen MR) is 72.0 cm³/mol. The molecule has 0 unspecified atom stereocenters. The lowest BCUT2D eigenvalue weighted by atomic mass is 10.1. The van der Waals surface area contributed by atoms with Crippen molar-refractivity contribution in [2.45, 2.75) is 13.0 Å². The molecule has 1 aliphatic heterocycles. The van der Waals surface area contributed by atoms with E-state index in [4.69, 9.17) is 9.47 Å². The number of amides is 1. The van der Waals surface area contributed by atoms with Crippen molar-refractivity contribution in [3.05, 3.63) is 28.2 Å². The van der Waals surface area contributed by atoms with E-state index in [-0.39, 0.29) is 12.0 Å². The van der Waals surface area contributed by atoms with Crippen LogP contribution in [0.2, 0.25) is 0 Å². The number of morpholine rings is 1. The fourth-order valence-corrected chi connectivity index (χ4v) is 2.38. The summed E-state index contributed by atoms with van der Waals surface area (Å²) in [6.45, 7) is 3.80. The highest BCUT2D eigenvalue weighted by molar-refractivity contribution is 9.10. The van der Waals surface area contributed by atoms with Crippen LogP contribution in [0, 0.1) is 0 Å². The van der Waals surface area contributed by atoms with Gasteiger partial charge in [-0.3, -0.25) is 4.79 Å². The van der Waals surface area contributed by atoms with Crippen molar-refractivity contribution in [3.8, 4) is 5.75 Å². The maximum atomic E-state index is 12.4. The summed E-state index contributed by atoms with van der Waals surface area (Å²) < 4.78 is 11.5. The Labute approximate surface area is 115 Å². The number of benzene rings is 1. The molecule has 0 radical (unpaired) electrons. The van der Waals surface area contributed by atoms with Crippen molar-refractivity contribution in [1.82, 2.24) is 4.90 Å². The van der Waals surface area contributed by atoms with E-state index in [1.165, 1.54) is 0 Å². The van der Waals surface area contributed by atoms with Crippen LogP contribution >= 0.6 is 15.9 Å². The largest absolute Gasteiger partial charge is 0.496 e. The van der Waals surface area contributed by atoms with Crippen LogP contribution in [0.25, 0.3) is 0 Å². The first-order valence-corrected chi connectivity index (χ1v) is 6.65. The van der Waals surface area contributed by atoms with Gasteiger partial charge in [0.15, 0.2) is 0 Å². The molecule has 5 heteroatoms. The molecule has 0 bridgehead atoms. The van der Waals surface area contributed by atoms with Gasteiger partial charge in [-0.25, -0.2) is 0 Å². The molecular weight excluding hydrogens is 298 g/mol. The maximum absolute atomic E-state index is 12.4. The van der Waals surface area contributed by atoms with E-state index >= 15 is 0 Å². The lowest BCUT2D eigenvalue weighted by Gasteiger charge is -2.31. The molecule has 1 aromatic carbocycles. The van der Waals surface area contributed by atoms with Crippen LogP contribution in [0.5, 0.6) is 5.75 Å². The Balaban J connectivity index is 2.24. The second-order valence-corrected chi connectivity index (χ2v) is 5.19. The topological polar surface area (TPSA) is 38.8 Å². The molecule has 1 fully saturated rings. The zero-order chi connectivity index (χ0) is 13.1. The van der Waals surface area contributed by atoms with Crippen molar-refractivity contribution in [2.75, 3.05) is 26.8 Å². The summed E-state index contributed by atoms with van der Waals surface area (Å²) in [6.07, 6.45) is 0.0841. The first kappa shape index (κ1) is 13.4. The van der Waals surface area contributed by atoms with Gasteiger partial charge in [-0.1, -0.05) is 15.9 Å². The summed E-state index contributed by atoms with van der Waals surface area (Å²) in [5.41, 5.74) is 0.584. The molecule has 1 atom stereocenters. The number of methoxy groups -OCH3 is 1. The zero-order valence-electron chi connectivity index (χ0n) is 10.5. The molecule has 2 rings (SSSR count). The zero-order valence-corrected chi connectivity index (χ0v) is 12.1. The normalized spacial score (nSPS) is 19.7. The van der Waals surface area contributed by atoms with Crippen LogP contribution in [0.15, 0.2) is 22.7 Å². The summed E-state index contributed by atoms with van der Waals surface area (Å²) in [7, 11) is 1.57. The summed E-state index contributed by atoms with van der Waals surface area (Å²) >= 11 is 3.38. The molecule has 1 aromatic rings. The van der Waals surface area contributed by atoms with E-state index in [0.717, 1.165) is 4.47 Å². The van der Waals surface area contributed by atoms with E-state index in [0.29, 0.717) is 31.0 Å². The van der Waals surface area contributed by atoms with Gasteiger partial charge in [0.2, 0.25) is 0 Å². The number of hydrogen-bond acceptors (Lipinski definition) is 3. The number of carbonyl (C=O) groups excluding carboxylic acids is 1. The molecule has 0 saturated carbocycles.